The van der Waals surface area contributed by atoms with Gasteiger partial charge in [-0.3, -0.25) is 4.79 Å². The van der Waals surface area contributed by atoms with Crippen molar-refractivity contribution in [2.75, 3.05) is 12.3 Å². The zero-order valence-corrected chi connectivity index (χ0v) is 17.7. The van der Waals surface area contributed by atoms with Crippen molar-refractivity contribution in [2.24, 2.45) is 7.05 Å². The highest BCUT2D eigenvalue weighted by atomic mass is 32.2. The van der Waals surface area contributed by atoms with Crippen molar-refractivity contribution in [3.8, 4) is 17.1 Å². The first-order valence-electron chi connectivity index (χ1n) is 10.1. The van der Waals surface area contributed by atoms with Crippen LogP contribution in [0.2, 0.25) is 0 Å². The fourth-order valence-corrected chi connectivity index (χ4v) is 4.84. The van der Waals surface area contributed by atoms with Crippen LogP contribution < -0.4 is 0 Å². The average molecular weight is 411 g/mol. The number of likely N-dealkylation sites (tertiary alicyclic amines) is 1. The van der Waals surface area contributed by atoms with Crippen LogP contribution in [0.1, 0.15) is 32.6 Å². The minimum atomic E-state index is 0.166. The smallest absolute Gasteiger partial charge is 0.233 e. The van der Waals surface area contributed by atoms with Gasteiger partial charge in [0.1, 0.15) is 5.75 Å². The lowest BCUT2D eigenvalue weighted by molar-refractivity contribution is -0.132. The zero-order chi connectivity index (χ0) is 20.4. The van der Waals surface area contributed by atoms with Gasteiger partial charge < -0.3 is 14.6 Å². The van der Waals surface area contributed by atoms with Crippen molar-refractivity contribution in [2.45, 2.75) is 43.8 Å². The highest BCUT2D eigenvalue weighted by Gasteiger charge is 2.25. The highest BCUT2D eigenvalue weighted by Crippen LogP contribution is 2.33. The van der Waals surface area contributed by atoms with E-state index in [1.165, 1.54) is 18.2 Å². The number of aromatic nitrogens is 3. The van der Waals surface area contributed by atoms with Gasteiger partial charge in [-0.2, -0.15) is 0 Å². The van der Waals surface area contributed by atoms with E-state index in [2.05, 4.69) is 17.1 Å². The Morgan fingerprint density at radius 3 is 2.72 bits per heavy atom. The molecule has 1 aromatic heterocycles. The Morgan fingerprint density at radius 1 is 1.21 bits per heavy atom. The van der Waals surface area contributed by atoms with Crippen LogP contribution in [0.4, 0.5) is 0 Å². The first-order chi connectivity index (χ1) is 14.1. The summed E-state index contributed by atoms with van der Waals surface area (Å²) in [5.74, 6) is 1.28. The Labute approximate surface area is 174 Å². The number of amides is 1. The van der Waals surface area contributed by atoms with Gasteiger partial charge in [-0.15, -0.1) is 10.2 Å². The summed E-state index contributed by atoms with van der Waals surface area (Å²) in [5, 5.41) is 21.7. The summed E-state index contributed by atoms with van der Waals surface area (Å²) in [6, 6.07) is 11.9. The number of phenolic OH excluding ortho intramolecular Hbond substituents is 1. The number of benzene rings is 2. The van der Waals surface area contributed by atoms with E-state index < -0.39 is 0 Å². The topological polar surface area (TPSA) is 71.2 Å². The third-order valence-electron chi connectivity index (χ3n) is 5.68. The van der Waals surface area contributed by atoms with E-state index in [0.717, 1.165) is 36.6 Å². The standard InChI is InChI=1S/C22H26N4O2S/c1-3-17-10-6-7-11-26(17)20(28)14-29-22-24-23-21(25(22)2)18-12-15-8-4-5-9-16(15)13-19(18)27/h4-5,8-9,12-13,17,27H,3,6-7,10-11,14H2,1-2H3. The lowest BCUT2D eigenvalue weighted by Crippen LogP contribution is -2.44. The molecule has 2 aromatic carbocycles. The number of phenols is 1. The number of carbonyl (C=O) groups is 1. The van der Waals surface area contributed by atoms with E-state index in [0.29, 0.717) is 28.3 Å². The summed E-state index contributed by atoms with van der Waals surface area (Å²) in [6.45, 7) is 3.00. The molecule has 1 aliphatic rings. The van der Waals surface area contributed by atoms with Crippen molar-refractivity contribution < 1.29 is 9.90 Å². The number of rotatable bonds is 5. The molecular formula is C22H26N4O2S. The molecule has 152 valence electrons. The minimum absolute atomic E-state index is 0.166. The molecule has 1 atom stereocenters. The lowest BCUT2D eigenvalue weighted by Gasteiger charge is -2.35. The van der Waals surface area contributed by atoms with E-state index >= 15 is 0 Å². The molecule has 6 nitrogen and oxygen atoms in total. The van der Waals surface area contributed by atoms with Gasteiger partial charge in [0, 0.05) is 19.6 Å². The fraction of sp³-hybridized carbons (Fsp3) is 0.409. The summed E-state index contributed by atoms with van der Waals surface area (Å²) in [5.41, 5.74) is 0.638. The van der Waals surface area contributed by atoms with Crippen molar-refractivity contribution in [3.63, 3.8) is 0 Å². The first kappa shape index (κ1) is 19.8. The highest BCUT2D eigenvalue weighted by molar-refractivity contribution is 7.99. The van der Waals surface area contributed by atoms with Gasteiger partial charge in [0.05, 0.1) is 11.3 Å². The summed E-state index contributed by atoms with van der Waals surface area (Å²) >= 11 is 1.40. The molecule has 0 bridgehead atoms. The molecule has 0 saturated carbocycles. The number of piperidine rings is 1. The predicted molar refractivity (Wildman–Crippen MR) is 116 cm³/mol. The monoisotopic (exact) mass is 410 g/mol. The molecule has 29 heavy (non-hydrogen) atoms. The minimum Gasteiger partial charge on any atom is -0.507 e. The largest absolute Gasteiger partial charge is 0.507 e. The van der Waals surface area contributed by atoms with E-state index in [4.69, 9.17) is 0 Å². The van der Waals surface area contributed by atoms with Gasteiger partial charge >= 0.3 is 0 Å². The Bertz CT molecular complexity index is 1030. The number of thioether (sulfide) groups is 1. The predicted octanol–water partition coefficient (Wildman–Crippen LogP) is 4.22. The van der Waals surface area contributed by atoms with Gasteiger partial charge in [0.15, 0.2) is 11.0 Å². The molecule has 1 aliphatic heterocycles. The summed E-state index contributed by atoms with van der Waals surface area (Å²) < 4.78 is 1.84. The molecule has 4 rings (SSSR count). The van der Waals surface area contributed by atoms with Crippen LogP contribution in [0.25, 0.3) is 22.2 Å². The second-order valence-electron chi connectivity index (χ2n) is 7.52. The van der Waals surface area contributed by atoms with Crippen molar-refractivity contribution in [3.05, 3.63) is 36.4 Å². The summed E-state index contributed by atoms with van der Waals surface area (Å²) in [4.78, 5) is 14.8. The van der Waals surface area contributed by atoms with Crippen LogP contribution in [-0.4, -0.2) is 49.0 Å². The van der Waals surface area contributed by atoms with Crippen molar-refractivity contribution in [1.29, 1.82) is 0 Å². The number of nitrogens with zero attached hydrogens (tertiary/aromatic N) is 4. The molecule has 1 fully saturated rings. The molecule has 1 N–H and O–H groups in total. The number of carbonyl (C=O) groups excluding carboxylic acids is 1. The average Bonchev–Trinajstić information content (AvgIpc) is 3.11. The normalized spacial score (nSPS) is 17.0. The third kappa shape index (κ3) is 3.96. The van der Waals surface area contributed by atoms with Crippen molar-refractivity contribution in [1.82, 2.24) is 19.7 Å². The van der Waals surface area contributed by atoms with E-state index in [1.54, 1.807) is 6.07 Å². The summed E-state index contributed by atoms with van der Waals surface area (Å²) in [6.07, 6.45) is 4.40. The molecule has 3 aromatic rings. The van der Waals surface area contributed by atoms with Gasteiger partial charge in [0.25, 0.3) is 0 Å². The van der Waals surface area contributed by atoms with Gasteiger partial charge in [-0.1, -0.05) is 43.0 Å². The van der Waals surface area contributed by atoms with Gasteiger partial charge in [-0.25, -0.2) is 0 Å². The van der Waals surface area contributed by atoms with Crippen LogP contribution in [0.5, 0.6) is 5.75 Å². The molecule has 0 aliphatic carbocycles. The molecule has 0 spiro atoms. The molecule has 1 saturated heterocycles. The van der Waals surface area contributed by atoms with Gasteiger partial charge in [-0.05, 0) is 48.6 Å². The maximum Gasteiger partial charge on any atom is 0.233 e. The van der Waals surface area contributed by atoms with E-state index in [-0.39, 0.29) is 11.7 Å². The second kappa shape index (κ2) is 8.45. The van der Waals surface area contributed by atoms with Crippen LogP contribution in [0.3, 0.4) is 0 Å². The van der Waals surface area contributed by atoms with E-state index in [1.807, 2.05) is 46.8 Å². The fourth-order valence-electron chi connectivity index (χ4n) is 4.05. The maximum atomic E-state index is 12.7. The van der Waals surface area contributed by atoms with Crippen LogP contribution >= 0.6 is 11.8 Å². The molecule has 7 heteroatoms. The molecule has 1 unspecified atom stereocenters. The van der Waals surface area contributed by atoms with Gasteiger partial charge in [0.2, 0.25) is 5.91 Å². The Morgan fingerprint density at radius 2 is 1.97 bits per heavy atom. The summed E-state index contributed by atoms with van der Waals surface area (Å²) in [7, 11) is 1.87. The van der Waals surface area contributed by atoms with Crippen LogP contribution in [-0.2, 0) is 11.8 Å². The molecule has 0 radical (unpaired) electrons. The quantitative estimate of drug-likeness (QED) is 0.638. The molecule has 1 amide bonds. The zero-order valence-electron chi connectivity index (χ0n) is 16.8. The van der Waals surface area contributed by atoms with E-state index in [9.17, 15) is 9.90 Å². The Kier molecular flexibility index (Phi) is 5.76. The number of aromatic hydroxyl groups is 1. The maximum absolute atomic E-state index is 12.7. The lowest BCUT2D eigenvalue weighted by atomic mass is 10.0. The van der Waals surface area contributed by atoms with Crippen LogP contribution in [0.15, 0.2) is 41.6 Å². The second-order valence-corrected chi connectivity index (χ2v) is 8.46. The third-order valence-corrected chi connectivity index (χ3v) is 6.69. The van der Waals surface area contributed by atoms with Crippen LogP contribution in [0, 0.1) is 0 Å². The Hall–Kier alpha value is -2.54. The number of fused-ring (bicyclic) bond motifs is 1. The number of hydrogen-bond acceptors (Lipinski definition) is 5. The SMILES string of the molecule is CCC1CCCCN1C(=O)CSc1nnc(-c2cc3ccccc3cc2O)n1C. The molecular weight excluding hydrogens is 384 g/mol. The first-order valence-corrected chi connectivity index (χ1v) is 11.1. The molecule has 2 heterocycles. The van der Waals surface area contributed by atoms with Crippen molar-refractivity contribution >= 4 is 28.4 Å². The Balaban J connectivity index is 1.52. The number of hydrogen-bond donors (Lipinski definition) is 1.